The standard InChI is InChI=1S/C19H30N2O3/c1-24-13-7-3-6-10-19(23)21-12-11-20(15-18(22)16-21)14-17-8-4-2-5-9-17/h2,4-5,8-9,18,22H,3,6-7,10-16H2,1H3. The Morgan fingerprint density at radius 3 is 2.71 bits per heavy atom. The number of aliphatic hydroxyl groups excluding tert-OH is 1. The topological polar surface area (TPSA) is 53.0 Å². The fourth-order valence-corrected chi connectivity index (χ4v) is 3.12. The van der Waals surface area contributed by atoms with Crippen LogP contribution in [0.4, 0.5) is 0 Å². The molecular weight excluding hydrogens is 304 g/mol. The van der Waals surface area contributed by atoms with Crippen molar-refractivity contribution in [2.75, 3.05) is 39.9 Å². The molecular formula is C19H30N2O3. The normalized spacial score (nSPS) is 19.2. The van der Waals surface area contributed by atoms with Crippen molar-refractivity contribution in [2.24, 2.45) is 0 Å². The zero-order valence-electron chi connectivity index (χ0n) is 14.7. The first-order chi connectivity index (χ1) is 11.7. The summed E-state index contributed by atoms with van der Waals surface area (Å²) in [6, 6.07) is 10.3. The van der Waals surface area contributed by atoms with E-state index in [0.29, 0.717) is 26.1 Å². The van der Waals surface area contributed by atoms with Gasteiger partial charge in [-0.05, 0) is 18.4 Å². The lowest BCUT2D eigenvalue weighted by Gasteiger charge is -2.22. The van der Waals surface area contributed by atoms with Crippen molar-refractivity contribution in [3.63, 3.8) is 0 Å². The van der Waals surface area contributed by atoms with E-state index in [0.717, 1.165) is 39.0 Å². The smallest absolute Gasteiger partial charge is 0.222 e. The highest BCUT2D eigenvalue weighted by Crippen LogP contribution is 2.11. The molecule has 5 nitrogen and oxygen atoms in total. The van der Waals surface area contributed by atoms with E-state index in [2.05, 4.69) is 17.0 Å². The second kappa shape index (κ2) is 10.4. The number of nitrogens with zero attached hydrogens (tertiary/aromatic N) is 2. The van der Waals surface area contributed by atoms with Gasteiger partial charge in [0.25, 0.3) is 0 Å². The molecule has 1 fully saturated rings. The lowest BCUT2D eigenvalue weighted by atomic mass is 10.2. The first-order valence-corrected chi connectivity index (χ1v) is 8.90. The number of rotatable bonds is 8. The van der Waals surface area contributed by atoms with E-state index in [-0.39, 0.29) is 5.91 Å². The molecule has 2 rings (SSSR count). The van der Waals surface area contributed by atoms with Crippen LogP contribution in [-0.2, 0) is 16.1 Å². The van der Waals surface area contributed by atoms with Gasteiger partial charge in [0, 0.05) is 52.9 Å². The number of benzene rings is 1. The van der Waals surface area contributed by atoms with Gasteiger partial charge in [-0.1, -0.05) is 36.8 Å². The lowest BCUT2D eigenvalue weighted by molar-refractivity contribution is -0.132. The zero-order valence-corrected chi connectivity index (χ0v) is 14.7. The van der Waals surface area contributed by atoms with Crippen LogP contribution in [0.15, 0.2) is 30.3 Å². The van der Waals surface area contributed by atoms with Crippen molar-refractivity contribution < 1.29 is 14.6 Å². The molecule has 1 amide bonds. The molecule has 1 N–H and O–H groups in total. The Labute approximate surface area is 145 Å². The molecule has 134 valence electrons. The summed E-state index contributed by atoms with van der Waals surface area (Å²) >= 11 is 0. The summed E-state index contributed by atoms with van der Waals surface area (Å²) in [7, 11) is 1.70. The summed E-state index contributed by atoms with van der Waals surface area (Å²) in [5, 5.41) is 10.2. The van der Waals surface area contributed by atoms with E-state index in [9.17, 15) is 9.90 Å². The Bertz CT molecular complexity index is 481. The van der Waals surface area contributed by atoms with Gasteiger partial charge >= 0.3 is 0 Å². The number of unbranched alkanes of at least 4 members (excludes halogenated alkanes) is 2. The number of carbonyl (C=O) groups is 1. The SMILES string of the molecule is COCCCCCC(=O)N1CCN(Cc2ccccc2)CC(O)C1. The van der Waals surface area contributed by atoms with Crippen LogP contribution in [0.3, 0.4) is 0 Å². The number of hydrogen-bond donors (Lipinski definition) is 1. The van der Waals surface area contributed by atoms with Gasteiger partial charge < -0.3 is 14.7 Å². The van der Waals surface area contributed by atoms with Crippen molar-refractivity contribution in [3.8, 4) is 0 Å². The van der Waals surface area contributed by atoms with E-state index in [4.69, 9.17) is 4.74 Å². The minimum Gasteiger partial charge on any atom is -0.390 e. The summed E-state index contributed by atoms with van der Waals surface area (Å²) in [5.41, 5.74) is 1.24. The highest BCUT2D eigenvalue weighted by molar-refractivity contribution is 5.76. The van der Waals surface area contributed by atoms with Crippen LogP contribution in [0.5, 0.6) is 0 Å². The maximum Gasteiger partial charge on any atom is 0.222 e. The number of methoxy groups -OCH3 is 1. The molecule has 1 aromatic carbocycles. The predicted octanol–water partition coefficient (Wildman–Crippen LogP) is 1.90. The molecule has 0 radical (unpaired) electrons. The van der Waals surface area contributed by atoms with Crippen LogP contribution < -0.4 is 0 Å². The van der Waals surface area contributed by atoms with E-state index in [1.165, 1.54) is 5.56 Å². The van der Waals surface area contributed by atoms with Gasteiger partial charge in [0.2, 0.25) is 5.91 Å². The molecule has 24 heavy (non-hydrogen) atoms. The zero-order chi connectivity index (χ0) is 17.2. The number of carbonyl (C=O) groups excluding carboxylic acids is 1. The summed E-state index contributed by atoms with van der Waals surface area (Å²) in [4.78, 5) is 16.4. The minimum absolute atomic E-state index is 0.160. The number of amides is 1. The van der Waals surface area contributed by atoms with Crippen molar-refractivity contribution in [3.05, 3.63) is 35.9 Å². The maximum absolute atomic E-state index is 12.4. The van der Waals surface area contributed by atoms with Gasteiger partial charge in [0.1, 0.15) is 0 Å². The van der Waals surface area contributed by atoms with Crippen LogP contribution in [-0.4, -0.2) is 66.8 Å². The van der Waals surface area contributed by atoms with Crippen LogP contribution in [0.25, 0.3) is 0 Å². The average molecular weight is 334 g/mol. The summed E-state index contributed by atoms with van der Waals surface area (Å²) in [6.45, 7) is 4.14. The second-order valence-corrected chi connectivity index (χ2v) is 6.52. The number of β-amino-alcohol motifs (C(OH)–C–C–N with tert-alkyl or cyclic N) is 1. The highest BCUT2D eigenvalue weighted by atomic mass is 16.5. The first-order valence-electron chi connectivity index (χ1n) is 8.90. The molecule has 0 spiro atoms. The highest BCUT2D eigenvalue weighted by Gasteiger charge is 2.24. The quantitative estimate of drug-likeness (QED) is 0.738. The monoisotopic (exact) mass is 334 g/mol. The van der Waals surface area contributed by atoms with E-state index in [1.54, 1.807) is 7.11 Å². The van der Waals surface area contributed by atoms with E-state index >= 15 is 0 Å². The first kappa shape index (κ1) is 18.9. The van der Waals surface area contributed by atoms with Gasteiger partial charge in [0.05, 0.1) is 6.10 Å². The number of hydrogen-bond acceptors (Lipinski definition) is 4. The van der Waals surface area contributed by atoms with Crippen molar-refractivity contribution in [1.82, 2.24) is 9.80 Å². The number of aliphatic hydroxyl groups is 1. The third kappa shape index (κ3) is 6.59. The third-order valence-electron chi connectivity index (χ3n) is 4.43. The predicted molar refractivity (Wildman–Crippen MR) is 94.6 cm³/mol. The lowest BCUT2D eigenvalue weighted by Crippen LogP contribution is -2.37. The van der Waals surface area contributed by atoms with E-state index in [1.807, 2.05) is 23.1 Å². The second-order valence-electron chi connectivity index (χ2n) is 6.52. The largest absolute Gasteiger partial charge is 0.390 e. The molecule has 1 unspecified atom stereocenters. The molecule has 0 aromatic heterocycles. The fourth-order valence-electron chi connectivity index (χ4n) is 3.12. The molecule has 5 heteroatoms. The Balaban J connectivity index is 1.77. The minimum atomic E-state index is -0.478. The molecule has 1 heterocycles. The third-order valence-corrected chi connectivity index (χ3v) is 4.43. The van der Waals surface area contributed by atoms with Gasteiger partial charge in [-0.25, -0.2) is 0 Å². The van der Waals surface area contributed by atoms with Crippen LogP contribution in [0, 0.1) is 0 Å². The molecule has 1 atom stereocenters. The van der Waals surface area contributed by atoms with Crippen LogP contribution >= 0.6 is 0 Å². The Morgan fingerprint density at radius 2 is 1.96 bits per heavy atom. The molecule has 0 bridgehead atoms. The van der Waals surface area contributed by atoms with Crippen molar-refractivity contribution >= 4 is 5.91 Å². The van der Waals surface area contributed by atoms with Gasteiger partial charge in [-0.3, -0.25) is 9.69 Å². The van der Waals surface area contributed by atoms with Gasteiger partial charge in [0.15, 0.2) is 0 Å². The molecule has 1 aliphatic rings. The van der Waals surface area contributed by atoms with Gasteiger partial charge in [-0.2, -0.15) is 0 Å². The molecule has 0 aliphatic carbocycles. The average Bonchev–Trinajstić information content (AvgIpc) is 2.77. The Morgan fingerprint density at radius 1 is 1.17 bits per heavy atom. The number of ether oxygens (including phenoxy) is 1. The van der Waals surface area contributed by atoms with Gasteiger partial charge in [-0.15, -0.1) is 0 Å². The molecule has 1 saturated heterocycles. The van der Waals surface area contributed by atoms with E-state index < -0.39 is 6.10 Å². The summed E-state index contributed by atoms with van der Waals surface area (Å²) < 4.78 is 5.02. The summed E-state index contributed by atoms with van der Waals surface area (Å²) in [6.07, 6.45) is 2.99. The Hall–Kier alpha value is -1.43. The Kier molecular flexibility index (Phi) is 8.22. The molecule has 0 saturated carbocycles. The molecule has 1 aliphatic heterocycles. The van der Waals surface area contributed by atoms with Crippen LogP contribution in [0.1, 0.15) is 31.2 Å². The van der Waals surface area contributed by atoms with Crippen molar-refractivity contribution in [1.29, 1.82) is 0 Å². The summed E-state index contributed by atoms with van der Waals surface area (Å²) in [5.74, 6) is 0.160. The molecule has 1 aromatic rings. The van der Waals surface area contributed by atoms with Crippen LogP contribution in [0.2, 0.25) is 0 Å². The maximum atomic E-state index is 12.4. The van der Waals surface area contributed by atoms with Crippen molar-refractivity contribution in [2.45, 2.75) is 38.3 Å². The fraction of sp³-hybridized carbons (Fsp3) is 0.632.